The first-order valence-corrected chi connectivity index (χ1v) is 8.51. The zero-order valence-corrected chi connectivity index (χ0v) is 15.0. The Labute approximate surface area is 159 Å². The van der Waals surface area contributed by atoms with Gasteiger partial charge in [-0.15, -0.1) is 0 Å². The second-order valence-electron chi connectivity index (χ2n) is 7.00. The second-order valence-corrected chi connectivity index (χ2v) is 7.00. The van der Waals surface area contributed by atoms with Gasteiger partial charge < -0.3 is 36.0 Å². The number of carboxylic acids is 1. The highest BCUT2D eigenvalue weighted by Crippen LogP contribution is 2.38. The van der Waals surface area contributed by atoms with Crippen LogP contribution in [0, 0.1) is 0 Å². The number of hydrogen-bond donors (Lipinski definition) is 6. The van der Waals surface area contributed by atoms with Crippen molar-refractivity contribution >= 4 is 25.0 Å². The molecule has 1 aromatic rings. The number of methoxy groups -OCH3 is 1. The molecular formula is C16H20BN3O8. The van der Waals surface area contributed by atoms with Crippen molar-refractivity contribution in [3.05, 3.63) is 23.3 Å². The number of aromatic hydroxyl groups is 1. The molecule has 1 atom stereocenters. The van der Waals surface area contributed by atoms with E-state index in [1.54, 1.807) is 0 Å². The summed E-state index contributed by atoms with van der Waals surface area (Å²) in [7, 11) is -0.884. The maximum atomic E-state index is 12.8. The van der Waals surface area contributed by atoms with Crippen LogP contribution in [0.2, 0.25) is 0 Å². The lowest BCUT2D eigenvalue weighted by Gasteiger charge is -2.40. The maximum Gasteiger partial charge on any atom is 0.476 e. The van der Waals surface area contributed by atoms with Crippen molar-refractivity contribution in [1.82, 2.24) is 10.2 Å². The van der Waals surface area contributed by atoms with Crippen LogP contribution in [0.25, 0.3) is 0 Å². The van der Waals surface area contributed by atoms with Crippen LogP contribution in [-0.2, 0) is 11.2 Å². The molecule has 12 heteroatoms. The van der Waals surface area contributed by atoms with Crippen LogP contribution >= 0.6 is 0 Å². The monoisotopic (exact) mass is 393 g/mol. The van der Waals surface area contributed by atoms with Gasteiger partial charge in [-0.3, -0.25) is 9.69 Å². The summed E-state index contributed by atoms with van der Waals surface area (Å²) in [5.41, 5.74) is 4.05. The Bertz CT molecular complexity index is 839. The van der Waals surface area contributed by atoms with Gasteiger partial charge in [0.25, 0.3) is 5.91 Å². The van der Waals surface area contributed by atoms with Gasteiger partial charge in [0.1, 0.15) is 22.6 Å². The summed E-state index contributed by atoms with van der Waals surface area (Å²) < 4.78 is 4.91. The standard InChI is InChI=1S/C16H20BN3O8/c1-28-9-3-2-7(12(21)11(9)13(22)23)4-10(17(26)27)20-14(24)16(19-15(20)25)5-8(18)6-16/h2-3,8,10,21,26-27H,4-6,18H2,1H3,(H,19,25)(H,22,23)/t8?,10-,16?/m0/s1. The molecule has 0 radical (unpaired) electrons. The highest BCUT2D eigenvalue weighted by molar-refractivity contribution is 6.44. The van der Waals surface area contributed by atoms with E-state index in [9.17, 15) is 34.6 Å². The summed E-state index contributed by atoms with van der Waals surface area (Å²) in [4.78, 5) is 37.2. The normalized spacial score (nSPS) is 24.7. The number of amides is 3. The van der Waals surface area contributed by atoms with Crippen LogP contribution in [0.5, 0.6) is 11.5 Å². The molecule has 3 amide bonds. The number of ether oxygens (including phenoxy) is 1. The van der Waals surface area contributed by atoms with E-state index in [0.717, 1.165) is 0 Å². The average Bonchev–Trinajstić information content (AvgIpc) is 2.83. The quantitative estimate of drug-likeness (QED) is 0.246. The largest absolute Gasteiger partial charge is 0.507 e. The Morgan fingerprint density at radius 2 is 2.07 bits per heavy atom. The minimum absolute atomic E-state index is 0.00293. The first kappa shape index (κ1) is 19.9. The minimum atomic E-state index is -2.12. The first-order valence-electron chi connectivity index (χ1n) is 8.51. The predicted octanol–water partition coefficient (Wildman–Crippen LogP) is -1.57. The average molecular weight is 393 g/mol. The van der Waals surface area contributed by atoms with E-state index in [0.29, 0.717) is 4.90 Å². The molecule has 3 rings (SSSR count). The summed E-state index contributed by atoms with van der Waals surface area (Å²) in [5, 5.41) is 41.7. The molecule has 1 saturated carbocycles. The third-order valence-electron chi connectivity index (χ3n) is 5.18. The number of rotatable bonds is 6. The highest BCUT2D eigenvalue weighted by Gasteiger charge is 2.60. The van der Waals surface area contributed by atoms with Crippen molar-refractivity contribution < 1.29 is 39.4 Å². The van der Waals surface area contributed by atoms with Gasteiger partial charge in [0.2, 0.25) is 0 Å². The van der Waals surface area contributed by atoms with Crippen molar-refractivity contribution in [3.63, 3.8) is 0 Å². The number of aromatic carboxylic acids is 1. The number of benzene rings is 1. The van der Waals surface area contributed by atoms with Gasteiger partial charge in [-0.2, -0.15) is 0 Å². The Kier molecular flexibility index (Phi) is 4.96. The van der Waals surface area contributed by atoms with Crippen LogP contribution in [0.1, 0.15) is 28.8 Å². The van der Waals surface area contributed by atoms with E-state index in [2.05, 4.69) is 5.32 Å². The van der Waals surface area contributed by atoms with Gasteiger partial charge in [0, 0.05) is 6.04 Å². The lowest BCUT2D eigenvalue weighted by Crippen LogP contribution is -2.62. The molecule has 1 spiro atoms. The summed E-state index contributed by atoms with van der Waals surface area (Å²) >= 11 is 0. The van der Waals surface area contributed by atoms with Crippen molar-refractivity contribution in [2.45, 2.75) is 36.8 Å². The molecule has 7 N–H and O–H groups in total. The Morgan fingerprint density at radius 3 is 2.57 bits per heavy atom. The number of hydrogen-bond acceptors (Lipinski definition) is 8. The zero-order chi connectivity index (χ0) is 20.8. The molecule has 0 unspecified atom stereocenters. The van der Waals surface area contributed by atoms with Crippen LogP contribution in [0.3, 0.4) is 0 Å². The summed E-state index contributed by atoms with van der Waals surface area (Å²) in [6, 6.07) is 1.56. The predicted molar refractivity (Wildman–Crippen MR) is 94.6 cm³/mol. The summed E-state index contributed by atoms with van der Waals surface area (Å²) in [6.45, 7) is 0. The number of nitrogens with two attached hydrogens (primary N) is 1. The van der Waals surface area contributed by atoms with E-state index < -0.39 is 47.8 Å². The number of urea groups is 1. The van der Waals surface area contributed by atoms with Crippen LogP contribution in [0.4, 0.5) is 4.79 Å². The smallest absolute Gasteiger partial charge is 0.476 e. The second kappa shape index (κ2) is 6.97. The van der Waals surface area contributed by atoms with Crippen molar-refractivity contribution in [3.8, 4) is 11.5 Å². The molecule has 150 valence electrons. The number of carboxylic acid groups (broad SMARTS) is 1. The lowest BCUT2D eigenvalue weighted by molar-refractivity contribution is -0.135. The minimum Gasteiger partial charge on any atom is -0.507 e. The molecule has 1 saturated heterocycles. The van der Waals surface area contributed by atoms with Gasteiger partial charge in [-0.1, -0.05) is 6.07 Å². The number of carbonyl (C=O) groups is 3. The zero-order valence-electron chi connectivity index (χ0n) is 15.0. The molecule has 0 aromatic heterocycles. The number of carbonyl (C=O) groups excluding carboxylic acids is 2. The van der Waals surface area contributed by atoms with Crippen molar-refractivity contribution in [1.29, 1.82) is 0 Å². The third-order valence-corrected chi connectivity index (χ3v) is 5.18. The Hall–Kier alpha value is -2.83. The van der Waals surface area contributed by atoms with Gasteiger partial charge in [-0.05, 0) is 30.9 Å². The van der Waals surface area contributed by atoms with E-state index in [-0.39, 0.29) is 36.6 Å². The number of imide groups is 1. The van der Waals surface area contributed by atoms with E-state index in [1.807, 2.05) is 0 Å². The fourth-order valence-electron chi connectivity index (χ4n) is 3.77. The number of nitrogens with zero attached hydrogens (tertiary/aromatic N) is 1. The van der Waals surface area contributed by atoms with Crippen LogP contribution < -0.4 is 15.8 Å². The SMILES string of the molecule is COc1ccc(C[C@@H](B(O)O)N2C(=O)NC3(CC(N)C3)C2=O)c(O)c1C(=O)O. The third kappa shape index (κ3) is 3.05. The van der Waals surface area contributed by atoms with Crippen LogP contribution in [0.15, 0.2) is 12.1 Å². The van der Waals surface area contributed by atoms with E-state index >= 15 is 0 Å². The molecular weight excluding hydrogens is 373 g/mol. The summed E-state index contributed by atoms with van der Waals surface area (Å²) in [5.74, 6) is -4.26. The first-order chi connectivity index (χ1) is 13.1. The van der Waals surface area contributed by atoms with E-state index in [4.69, 9.17) is 10.5 Å². The molecule has 0 bridgehead atoms. The van der Waals surface area contributed by atoms with Gasteiger partial charge >= 0.3 is 19.1 Å². The topological polar surface area (TPSA) is 183 Å². The van der Waals surface area contributed by atoms with E-state index in [1.165, 1.54) is 19.2 Å². The molecule has 1 aliphatic heterocycles. The van der Waals surface area contributed by atoms with Gasteiger partial charge in [0.05, 0.1) is 13.1 Å². The molecule has 2 aliphatic rings. The lowest BCUT2D eigenvalue weighted by atomic mass is 9.71. The molecule has 1 heterocycles. The van der Waals surface area contributed by atoms with Gasteiger partial charge in [-0.25, -0.2) is 9.59 Å². The molecule has 11 nitrogen and oxygen atoms in total. The molecule has 2 fully saturated rings. The van der Waals surface area contributed by atoms with Crippen molar-refractivity contribution in [2.75, 3.05) is 7.11 Å². The maximum absolute atomic E-state index is 12.8. The molecule has 28 heavy (non-hydrogen) atoms. The Balaban J connectivity index is 1.93. The fraction of sp³-hybridized carbons (Fsp3) is 0.438. The number of phenols is 1. The van der Waals surface area contributed by atoms with Crippen molar-refractivity contribution in [2.24, 2.45) is 5.73 Å². The number of nitrogens with one attached hydrogen (secondary N) is 1. The molecule has 1 aromatic carbocycles. The molecule has 1 aliphatic carbocycles. The Morgan fingerprint density at radius 1 is 1.43 bits per heavy atom. The fourth-order valence-corrected chi connectivity index (χ4v) is 3.77. The van der Waals surface area contributed by atoms with Crippen LogP contribution in [-0.4, -0.2) is 74.8 Å². The highest BCUT2D eigenvalue weighted by atomic mass is 16.5. The van der Waals surface area contributed by atoms with Gasteiger partial charge in [0.15, 0.2) is 0 Å². The summed E-state index contributed by atoms with van der Waals surface area (Å²) in [6.07, 6.45) is 0.0909.